The third-order valence-electron chi connectivity index (χ3n) is 3.35. The van der Waals surface area contributed by atoms with Gasteiger partial charge in [-0.2, -0.15) is 0 Å². The number of aliphatic hydroxyl groups excluding tert-OH is 1. The number of rotatable bonds is 7. The van der Waals surface area contributed by atoms with Crippen LogP contribution >= 0.6 is 0 Å². The van der Waals surface area contributed by atoms with Crippen molar-refractivity contribution < 1.29 is 18.3 Å². The second kappa shape index (κ2) is 8.05. The lowest BCUT2D eigenvalue weighted by molar-refractivity contribution is -0.114. The molecule has 0 fully saturated rings. The van der Waals surface area contributed by atoms with E-state index in [0.29, 0.717) is 12.1 Å². The molecule has 2 aromatic carbocycles. The van der Waals surface area contributed by atoms with E-state index in [0.717, 1.165) is 5.56 Å². The molecular formula is C17H20N2O4S. The molecule has 6 nitrogen and oxygen atoms in total. The van der Waals surface area contributed by atoms with Gasteiger partial charge in [0.15, 0.2) is 0 Å². The van der Waals surface area contributed by atoms with Crippen LogP contribution in [0, 0.1) is 0 Å². The summed E-state index contributed by atoms with van der Waals surface area (Å²) in [6.45, 7) is 1.07. The lowest BCUT2D eigenvalue weighted by Crippen LogP contribution is -2.39. The Morgan fingerprint density at radius 1 is 1.08 bits per heavy atom. The molecule has 1 unspecified atom stereocenters. The summed E-state index contributed by atoms with van der Waals surface area (Å²) < 4.78 is 27.3. The van der Waals surface area contributed by atoms with Gasteiger partial charge in [-0.1, -0.05) is 30.3 Å². The summed E-state index contributed by atoms with van der Waals surface area (Å²) >= 11 is 0. The molecule has 2 rings (SSSR count). The van der Waals surface area contributed by atoms with Crippen molar-refractivity contribution in [2.75, 3.05) is 11.9 Å². The summed E-state index contributed by atoms with van der Waals surface area (Å²) in [5.74, 6) is -0.230. The van der Waals surface area contributed by atoms with Gasteiger partial charge in [0.2, 0.25) is 15.9 Å². The van der Waals surface area contributed by atoms with E-state index >= 15 is 0 Å². The third kappa shape index (κ3) is 5.16. The lowest BCUT2D eigenvalue weighted by atomic mass is 10.1. The molecule has 128 valence electrons. The molecule has 7 heteroatoms. The van der Waals surface area contributed by atoms with Crippen LogP contribution in [0.3, 0.4) is 0 Å². The monoisotopic (exact) mass is 348 g/mol. The van der Waals surface area contributed by atoms with Crippen LogP contribution in [0.2, 0.25) is 0 Å². The first-order valence-electron chi connectivity index (χ1n) is 7.45. The Morgan fingerprint density at radius 2 is 1.71 bits per heavy atom. The normalized spacial score (nSPS) is 12.6. The average Bonchev–Trinajstić information content (AvgIpc) is 2.55. The maximum atomic E-state index is 12.4. The zero-order chi connectivity index (χ0) is 17.6. The summed E-state index contributed by atoms with van der Waals surface area (Å²) in [4.78, 5) is 11.1. The molecule has 0 aliphatic carbocycles. The van der Waals surface area contributed by atoms with Crippen molar-refractivity contribution in [3.8, 4) is 0 Å². The topological polar surface area (TPSA) is 95.5 Å². The van der Waals surface area contributed by atoms with Gasteiger partial charge in [0.25, 0.3) is 0 Å². The van der Waals surface area contributed by atoms with E-state index < -0.39 is 16.1 Å². The van der Waals surface area contributed by atoms with Crippen LogP contribution in [0.5, 0.6) is 0 Å². The maximum Gasteiger partial charge on any atom is 0.240 e. The average molecular weight is 348 g/mol. The van der Waals surface area contributed by atoms with Gasteiger partial charge in [0.05, 0.1) is 11.5 Å². The van der Waals surface area contributed by atoms with Crippen LogP contribution in [0.1, 0.15) is 12.5 Å². The van der Waals surface area contributed by atoms with E-state index in [9.17, 15) is 18.3 Å². The fourth-order valence-electron chi connectivity index (χ4n) is 2.25. The molecule has 1 atom stereocenters. The van der Waals surface area contributed by atoms with E-state index in [1.54, 1.807) is 0 Å². The summed E-state index contributed by atoms with van der Waals surface area (Å²) in [5.41, 5.74) is 1.45. The van der Waals surface area contributed by atoms with Gasteiger partial charge in [-0.05, 0) is 36.2 Å². The van der Waals surface area contributed by atoms with Crippen molar-refractivity contribution in [3.63, 3.8) is 0 Å². The number of carbonyl (C=O) groups excluding carboxylic acids is 1. The molecule has 0 bridgehead atoms. The van der Waals surface area contributed by atoms with Gasteiger partial charge in [0, 0.05) is 18.7 Å². The van der Waals surface area contributed by atoms with Gasteiger partial charge in [0.1, 0.15) is 0 Å². The standard InChI is InChI=1S/C17H20N2O4S/c1-13(21)18-15-7-9-17(10-8-15)24(22,23)19-16(12-20)11-14-5-3-2-4-6-14/h2-10,16,19-20H,11-12H2,1H3,(H,18,21). The predicted octanol–water partition coefficient (Wildman–Crippen LogP) is 1.53. The van der Waals surface area contributed by atoms with Crippen LogP contribution in [0.25, 0.3) is 0 Å². The largest absolute Gasteiger partial charge is 0.395 e. The minimum atomic E-state index is -3.76. The number of benzene rings is 2. The lowest BCUT2D eigenvalue weighted by Gasteiger charge is -2.17. The molecule has 24 heavy (non-hydrogen) atoms. The maximum absolute atomic E-state index is 12.4. The molecule has 0 aromatic heterocycles. The summed E-state index contributed by atoms with van der Waals surface area (Å²) in [7, 11) is -3.76. The van der Waals surface area contributed by atoms with Crippen molar-refractivity contribution >= 4 is 21.6 Å². The molecule has 1 amide bonds. The minimum absolute atomic E-state index is 0.0723. The SMILES string of the molecule is CC(=O)Nc1ccc(S(=O)(=O)NC(CO)Cc2ccccc2)cc1. The first kappa shape index (κ1) is 18.1. The molecule has 0 heterocycles. The Labute approximate surface area is 141 Å². The van der Waals surface area contributed by atoms with Crippen LogP contribution in [0.15, 0.2) is 59.5 Å². The van der Waals surface area contributed by atoms with Gasteiger partial charge < -0.3 is 10.4 Å². The molecule has 0 radical (unpaired) electrons. The minimum Gasteiger partial charge on any atom is -0.395 e. The number of hydrogen-bond donors (Lipinski definition) is 3. The fourth-order valence-corrected chi connectivity index (χ4v) is 3.48. The highest BCUT2D eigenvalue weighted by molar-refractivity contribution is 7.89. The second-order valence-electron chi connectivity index (χ2n) is 5.40. The molecule has 0 aliphatic heterocycles. The van der Waals surface area contributed by atoms with Crippen LogP contribution in [-0.4, -0.2) is 32.1 Å². The van der Waals surface area contributed by atoms with Crippen LogP contribution < -0.4 is 10.0 Å². The first-order chi connectivity index (χ1) is 11.4. The zero-order valence-electron chi connectivity index (χ0n) is 13.3. The molecule has 0 saturated heterocycles. The number of carbonyl (C=O) groups is 1. The van der Waals surface area contributed by atoms with Crippen molar-refractivity contribution in [2.45, 2.75) is 24.3 Å². The molecule has 0 spiro atoms. The predicted molar refractivity (Wildman–Crippen MR) is 92.1 cm³/mol. The molecule has 3 N–H and O–H groups in total. The highest BCUT2D eigenvalue weighted by atomic mass is 32.2. The number of nitrogens with one attached hydrogen (secondary N) is 2. The van der Waals surface area contributed by atoms with Crippen molar-refractivity contribution in [1.82, 2.24) is 4.72 Å². The molecule has 2 aromatic rings. The van der Waals surface area contributed by atoms with Gasteiger partial charge in [-0.15, -0.1) is 0 Å². The number of anilines is 1. The van der Waals surface area contributed by atoms with E-state index in [1.165, 1.54) is 31.2 Å². The van der Waals surface area contributed by atoms with E-state index in [-0.39, 0.29) is 17.4 Å². The fraction of sp³-hybridized carbons (Fsp3) is 0.235. The van der Waals surface area contributed by atoms with Gasteiger partial charge >= 0.3 is 0 Å². The summed E-state index contributed by atoms with van der Waals surface area (Å²) in [6, 6.07) is 14.6. The van der Waals surface area contributed by atoms with Crippen LogP contribution in [0.4, 0.5) is 5.69 Å². The Kier molecular flexibility index (Phi) is 6.08. The van der Waals surface area contributed by atoms with Gasteiger partial charge in [-0.3, -0.25) is 4.79 Å². The Balaban J connectivity index is 2.09. The Morgan fingerprint density at radius 3 is 2.25 bits per heavy atom. The third-order valence-corrected chi connectivity index (χ3v) is 4.89. The number of sulfonamides is 1. The summed E-state index contributed by atoms with van der Waals surface area (Å²) in [6.07, 6.45) is 0.389. The number of amides is 1. The Bertz CT molecular complexity index is 774. The van der Waals surface area contributed by atoms with E-state index in [4.69, 9.17) is 0 Å². The second-order valence-corrected chi connectivity index (χ2v) is 7.11. The zero-order valence-corrected chi connectivity index (χ0v) is 14.1. The van der Waals surface area contributed by atoms with E-state index in [1.807, 2.05) is 30.3 Å². The highest BCUT2D eigenvalue weighted by Gasteiger charge is 2.20. The van der Waals surface area contributed by atoms with Crippen molar-refractivity contribution in [2.24, 2.45) is 0 Å². The smallest absolute Gasteiger partial charge is 0.240 e. The van der Waals surface area contributed by atoms with Crippen LogP contribution in [-0.2, 0) is 21.2 Å². The molecule has 0 saturated carbocycles. The number of aliphatic hydroxyl groups is 1. The van der Waals surface area contributed by atoms with Crippen molar-refractivity contribution in [3.05, 3.63) is 60.2 Å². The highest BCUT2D eigenvalue weighted by Crippen LogP contribution is 2.15. The molecular weight excluding hydrogens is 328 g/mol. The van der Waals surface area contributed by atoms with Gasteiger partial charge in [-0.25, -0.2) is 13.1 Å². The molecule has 0 aliphatic rings. The van der Waals surface area contributed by atoms with Crippen molar-refractivity contribution in [1.29, 1.82) is 0 Å². The quantitative estimate of drug-likeness (QED) is 0.707. The summed E-state index contributed by atoms with van der Waals surface area (Å²) in [5, 5.41) is 12.0. The Hall–Kier alpha value is -2.22. The number of hydrogen-bond acceptors (Lipinski definition) is 4. The first-order valence-corrected chi connectivity index (χ1v) is 8.94. The van der Waals surface area contributed by atoms with E-state index in [2.05, 4.69) is 10.0 Å².